The fourth-order valence-electron chi connectivity index (χ4n) is 1.83. The summed E-state index contributed by atoms with van der Waals surface area (Å²) < 4.78 is 11.0. The Morgan fingerprint density at radius 2 is 2.50 bits per heavy atom. The summed E-state index contributed by atoms with van der Waals surface area (Å²) in [7, 11) is 0. The number of aromatic nitrogens is 1. The van der Waals surface area contributed by atoms with E-state index in [9.17, 15) is 0 Å². The van der Waals surface area contributed by atoms with Crippen molar-refractivity contribution in [1.29, 1.82) is 0 Å². The van der Waals surface area contributed by atoms with Crippen LogP contribution in [0.4, 0.5) is 0 Å². The van der Waals surface area contributed by atoms with Crippen molar-refractivity contribution in [3.8, 4) is 0 Å². The number of nitrogens with zero attached hydrogens (tertiary/aromatic N) is 1. The van der Waals surface area contributed by atoms with Gasteiger partial charge < -0.3 is 14.8 Å². The molecular weight excluding hydrogens is 248 g/mol. The Morgan fingerprint density at radius 3 is 3.22 bits per heavy atom. The molecule has 1 N–H and O–H groups in total. The molecule has 0 radical (unpaired) electrons. The van der Waals surface area contributed by atoms with Crippen LogP contribution in [0.5, 0.6) is 0 Å². The van der Waals surface area contributed by atoms with Gasteiger partial charge in [-0.3, -0.25) is 0 Å². The lowest BCUT2D eigenvalue weighted by Crippen LogP contribution is -2.21. The topological polar surface area (TPSA) is 43.4 Å². The van der Waals surface area contributed by atoms with Gasteiger partial charge in [0.2, 0.25) is 0 Å². The van der Waals surface area contributed by atoms with E-state index in [-0.39, 0.29) is 0 Å². The predicted octanol–water partition coefficient (Wildman–Crippen LogP) is 2.19. The molecule has 2 heterocycles. The second kappa shape index (κ2) is 7.19. The van der Waals surface area contributed by atoms with Crippen molar-refractivity contribution in [2.75, 3.05) is 19.8 Å². The van der Waals surface area contributed by atoms with E-state index in [1.165, 1.54) is 0 Å². The number of hydrogen-bond donors (Lipinski definition) is 1. The van der Waals surface area contributed by atoms with Crippen LogP contribution in [-0.4, -0.2) is 30.8 Å². The van der Waals surface area contributed by atoms with Crippen molar-refractivity contribution in [3.63, 3.8) is 0 Å². The second-order valence-electron chi connectivity index (χ2n) is 5.01. The lowest BCUT2D eigenvalue weighted by atomic mass is 10.1. The number of ether oxygens (including phenoxy) is 2. The van der Waals surface area contributed by atoms with Crippen molar-refractivity contribution in [2.24, 2.45) is 5.92 Å². The zero-order chi connectivity index (χ0) is 12.8. The van der Waals surface area contributed by atoms with Crippen LogP contribution < -0.4 is 5.32 Å². The number of hydrogen-bond acceptors (Lipinski definition) is 5. The quantitative estimate of drug-likeness (QED) is 0.825. The van der Waals surface area contributed by atoms with Gasteiger partial charge in [-0.25, -0.2) is 4.98 Å². The summed E-state index contributed by atoms with van der Waals surface area (Å²) in [6, 6.07) is 0.496. The molecular formula is C13H22N2O2S. The van der Waals surface area contributed by atoms with Crippen LogP contribution in [0, 0.1) is 5.92 Å². The average Bonchev–Trinajstić information content (AvgIpc) is 2.97. The van der Waals surface area contributed by atoms with Crippen LogP contribution in [0.15, 0.2) is 5.38 Å². The fraction of sp³-hybridized carbons (Fsp3) is 0.769. The molecule has 5 heteroatoms. The Bertz CT molecular complexity index is 349. The van der Waals surface area contributed by atoms with Crippen LogP contribution in [0.25, 0.3) is 0 Å². The highest BCUT2D eigenvalue weighted by atomic mass is 32.1. The van der Waals surface area contributed by atoms with Gasteiger partial charge in [-0.15, -0.1) is 11.3 Å². The first-order valence-corrected chi connectivity index (χ1v) is 7.44. The van der Waals surface area contributed by atoms with Gasteiger partial charge >= 0.3 is 0 Å². The van der Waals surface area contributed by atoms with E-state index in [1.807, 2.05) is 0 Å². The molecule has 0 aromatic carbocycles. The third-order valence-corrected chi connectivity index (χ3v) is 3.79. The minimum absolute atomic E-state index is 0.496. The molecule has 1 atom stereocenters. The molecule has 1 aliphatic heterocycles. The first-order valence-electron chi connectivity index (χ1n) is 6.56. The molecule has 0 bridgehead atoms. The fourth-order valence-corrected chi connectivity index (χ4v) is 2.56. The summed E-state index contributed by atoms with van der Waals surface area (Å²) in [6.45, 7) is 8.27. The smallest absolute Gasteiger partial charge is 0.107 e. The normalized spacial score (nSPS) is 19.8. The Labute approximate surface area is 113 Å². The van der Waals surface area contributed by atoms with Crippen molar-refractivity contribution in [1.82, 2.24) is 10.3 Å². The molecule has 1 aromatic heterocycles. The average molecular weight is 270 g/mol. The highest BCUT2D eigenvalue weighted by Gasteiger charge is 2.15. The van der Waals surface area contributed by atoms with Crippen LogP contribution in [0.1, 0.15) is 31.0 Å². The number of rotatable bonds is 7. The minimum atomic E-state index is 0.496. The van der Waals surface area contributed by atoms with Crippen LogP contribution >= 0.6 is 11.3 Å². The van der Waals surface area contributed by atoms with Crippen LogP contribution in [-0.2, 0) is 22.6 Å². The largest absolute Gasteiger partial charge is 0.381 e. The molecule has 1 fully saturated rings. The van der Waals surface area contributed by atoms with E-state index in [2.05, 4.69) is 29.5 Å². The zero-order valence-electron chi connectivity index (χ0n) is 11.1. The van der Waals surface area contributed by atoms with Gasteiger partial charge in [-0.1, -0.05) is 13.8 Å². The lowest BCUT2D eigenvalue weighted by molar-refractivity contribution is 0.0775. The number of thiazole rings is 1. The van der Waals surface area contributed by atoms with Gasteiger partial charge in [-0.05, 0) is 6.42 Å². The van der Waals surface area contributed by atoms with Crippen molar-refractivity contribution < 1.29 is 9.47 Å². The standard InChI is InChI=1S/C13H22N2O2S/c1-10(2)14-5-13-15-12(9-18-13)8-17-7-11-3-4-16-6-11/h9-11,14H,3-8H2,1-2H3. The number of nitrogens with one attached hydrogen (secondary N) is 1. The maximum atomic E-state index is 5.69. The first kappa shape index (κ1) is 13.9. The van der Waals surface area contributed by atoms with E-state index < -0.39 is 0 Å². The maximum Gasteiger partial charge on any atom is 0.107 e. The SMILES string of the molecule is CC(C)NCc1nc(COCC2CCOC2)cs1. The van der Waals surface area contributed by atoms with Crippen molar-refractivity contribution in [2.45, 2.75) is 39.5 Å². The summed E-state index contributed by atoms with van der Waals surface area (Å²) >= 11 is 1.70. The molecule has 1 unspecified atom stereocenters. The third-order valence-electron chi connectivity index (χ3n) is 2.89. The summed E-state index contributed by atoms with van der Waals surface area (Å²) in [4.78, 5) is 4.55. The summed E-state index contributed by atoms with van der Waals surface area (Å²) in [5.74, 6) is 0.575. The third kappa shape index (κ3) is 4.65. The molecule has 0 saturated carbocycles. The van der Waals surface area contributed by atoms with E-state index in [0.717, 1.165) is 43.5 Å². The molecule has 0 aliphatic carbocycles. The molecule has 0 amide bonds. The van der Waals surface area contributed by atoms with Gasteiger partial charge in [0.15, 0.2) is 0 Å². The van der Waals surface area contributed by atoms with Gasteiger partial charge in [0.05, 0.1) is 25.5 Å². The first-order chi connectivity index (χ1) is 8.74. The van der Waals surface area contributed by atoms with Crippen LogP contribution in [0.2, 0.25) is 0 Å². The van der Waals surface area contributed by atoms with Gasteiger partial charge in [-0.2, -0.15) is 0 Å². The molecule has 0 spiro atoms. The Kier molecular flexibility index (Phi) is 5.56. The van der Waals surface area contributed by atoms with E-state index in [0.29, 0.717) is 18.6 Å². The van der Waals surface area contributed by atoms with E-state index in [1.54, 1.807) is 11.3 Å². The lowest BCUT2D eigenvalue weighted by Gasteiger charge is -2.07. The zero-order valence-corrected chi connectivity index (χ0v) is 12.0. The summed E-state index contributed by atoms with van der Waals surface area (Å²) in [5, 5.41) is 6.58. The molecule has 102 valence electrons. The van der Waals surface area contributed by atoms with Crippen LogP contribution in [0.3, 0.4) is 0 Å². The van der Waals surface area contributed by atoms with Crippen molar-refractivity contribution >= 4 is 11.3 Å². The Balaban J connectivity index is 1.66. The molecule has 4 nitrogen and oxygen atoms in total. The Morgan fingerprint density at radius 1 is 1.61 bits per heavy atom. The van der Waals surface area contributed by atoms with Crippen molar-refractivity contribution in [3.05, 3.63) is 16.1 Å². The maximum absolute atomic E-state index is 5.69. The molecule has 1 aliphatic rings. The highest BCUT2D eigenvalue weighted by Crippen LogP contribution is 2.14. The Hall–Kier alpha value is -0.490. The summed E-state index contributed by atoms with van der Waals surface area (Å²) in [6.07, 6.45) is 1.13. The predicted molar refractivity (Wildman–Crippen MR) is 72.7 cm³/mol. The monoisotopic (exact) mass is 270 g/mol. The molecule has 2 rings (SSSR count). The second-order valence-corrected chi connectivity index (χ2v) is 5.96. The molecule has 1 aromatic rings. The highest BCUT2D eigenvalue weighted by molar-refractivity contribution is 7.09. The molecule has 1 saturated heterocycles. The van der Waals surface area contributed by atoms with E-state index in [4.69, 9.17) is 9.47 Å². The molecule has 18 heavy (non-hydrogen) atoms. The minimum Gasteiger partial charge on any atom is -0.381 e. The summed E-state index contributed by atoms with van der Waals surface area (Å²) in [5.41, 5.74) is 1.04. The van der Waals surface area contributed by atoms with Gasteiger partial charge in [0.25, 0.3) is 0 Å². The van der Waals surface area contributed by atoms with Gasteiger partial charge in [0, 0.05) is 30.5 Å². The van der Waals surface area contributed by atoms with E-state index >= 15 is 0 Å². The van der Waals surface area contributed by atoms with Gasteiger partial charge in [0.1, 0.15) is 5.01 Å².